The van der Waals surface area contributed by atoms with Gasteiger partial charge in [-0.1, -0.05) is 18.2 Å². The second kappa shape index (κ2) is 7.81. The van der Waals surface area contributed by atoms with Crippen molar-refractivity contribution in [3.05, 3.63) is 59.5 Å². The van der Waals surface area contributed by atoms with E-state index in [1.54, 1.807) is 14.2 Å². The number of carbonyl (C=O) groups is 1. The number of anilines is 1. The lowest BCUT2D eigenvalue weighted by Gasteiger charge is -2.07. The van der Waals surface area contributed by atoms with E-state index in [9.17, 15) is 4.79 Å². The molecule has 0 bridgehead atoms. The Bertz CT molecular complexity index is 859. The van der Waals surface area contributed by atoms with Gasteiger partial charge in [0.2, 0.25) is 5.91 Å². The molecule has 5 nitrogen and oxygen atoms in total. The molecule has 25 heavy (non-hydrogen) atoms. The fourth-order valence-corrected chi connectivity index (χ4v) is 3.15. The normalized spacial score (nSPS) is 10.3. The van der Waals surface area contributed by atoms with Gasteiger partial charge < -0.3 is 14.8 Å². The fourth-order valence-electron chi connectivity index (χ4n) is 2.41. The molecule has 0 aliphatic rings. The summed E-state index contributed by atoms with van der Waals surface area (Å²) in [5.74, 6) is 1.38. The van der Waals surface area contributed by atoms with Crippen molar-refractivity contribution in [1.29, 1.82) is 0 Å². The minimum absolute atomic E-state index is 0.125. The summed E-state index contributed by atoms with van der Waals surface area (Å²) in [7, 11) is 3.23. The van der Waals surface area contributed by atoms with Crippen LogP contribution in [0.1, 0.15) is 5.56 Å². The maximum Gasteiger partial charge on any atom is 0.230 e. The third kappa shape index (κ3) is 4.16. The van der Waals surface area contributed by atoms with Crippen LogP contribution < -0.4 is 14.8 Å². The number of ether oxygens (including phenoxy) is 2. The second-order valence-electron chi connectivity index (χ2n) is 5.30. The monoisotopic (exact) mass is 354 g/mol. The van der Waals surface area contributed by atoms with Gasteiger partial charge in [-0.05, 0) is 30.3 Å². The number of hydrogen-bond donors (Lipinski definition) is 1. The molecule has 0 fully saturated rings. The maximum atomic E-state index is 12.3. The number of carbonyl (C=O) groups excluding carboxylic acids is 1. The van der Waals surface area contributed by atoms with Crippen molar-refractivity contribution in [1.82, 2.24) is 4.98 Å². The van der Waals surface area contributed by atoms with E-state index in [0.29, 0.717) is 10.9 Å². The predicted octanol–water partition coefficient (Wildman–Crippen LogP) is 4.01. The Morgan fingerprint density at radius 2 is 1.84 bits per heavy atom. The van der Waals surface area contributed by atoms with E-state index in [-0.39, 0.29) is 12.3 Å². The lowest BCUT2D eigenvalue weighted by molar-refractivity contribution is -0.115. The zero-order valence-corrected chi connectivity index (χ0v) is 14.8. The lowest BCUT2D eigenvalue weighted by atomic mass is 10.1. The van der Waals surface area contributed by atoms with Crippen LogP contribution in [0.3, 0.4) is 0 Å². The van der Waals surface area contributed by atoms with Gasteiger partial charge in [-0.15, -0.1) is 11.3 Å². The number of benzene rings is 2. The molecule has 3 aromatic rings. The first-order valence-electron chi connectivity index (χ1n) is 7.71. The van der Waals surface area contributed by atoms with Crippen LogP contribution in [0, 0.1) is 0 Å². The van der Waals surface area contributed by atoms with Crippen LogP contribution in [-0.4, -0.2) is 25.1 Å². The predicted molar refractivity (Wildman–Crippen MR) is 99.4 cm³/mol. The summed E-state index contributed by atoms with van der Waals surface area (Å²) in [5, 5.41) is 5.33. The average molecular weight is 354 g/mol. The molecule has 128 valence electrons. The highest BCUT2D eigenvalue weighted by molar-refractivity contribution is 7.14. The van der Waals surface area contributed by atoms with Gasteiger partial charge in [0.05, 0.1) is 26.3 Å². The number of methoxy groups -OCH3 is 2. The Morgan fingerprint density at radius 3 is 2.56 bits per heavy atom. The van der Waals surface area contributed by atoms with Crippen LogP contribution in [0.2, 0.25) is 0 Å². The molecule has 0 radical (unpaired) electrons. The third-order valence-corrected chi connectivity index (χ3v) is 4.44. The molecule has 6 heteroatoms. The number of para-hydroxylation sites is 1. The molecule has 0 aliphatic heterocycles. The molecule has 2 aromatic carbocycles. The van der Waals surface area contributed by atoms with Gasteiger partial charge in [0, 0.05) is 16.5 Å². The van der Waals surface area contributed by atoms with E-state index in [1.807, 2.05) is 53.9 Å². The molecule has 0 saturated carbocycles. The molecular weight excluding hydrogens is 336 g/mol. The number of rotatable bonds is 6. The molecule has 3 rings (SSSR count). The summed E-state index contributed by atoms with van der Waals surface area (Å²) in [6, 6.07) is 15.1. The minimum atomic E-state index is -0.125. The highest BCUT2D eigenvalue weighted by atomic mass is 32.1. The number of amides is 1. The van der Waals surface area contributed by atoms with E-state index in [2.05, 4.69) is 10.3 Å². The Hall–Kier alpha value is -2.86. The SMILES string of the molecule is COc1ccc(-c2csc(NC(=O)Cc3ccccc3OC)n2)cc1. The molecule has 1 heterocycles. The summed E-state index contributed by atoms with van der Waals surface area (Å²) in [5.41, 5.74) is 2.64. The Morgan fingerprint density at radius 1 is 1.08 bits per heavy atom. The van der Waals surface area contributed by atoms with Crippen molar-refractivity contribution in [3.63, 3.8) is 0 Å². The first kappa shape index (κ1) is 17.0. The molecule has 0 atom stereocenters. The molecule has 1 aromatic heterocycles. The van der Waals surface area contributed by atoms with Crippen LogP contribution in [-0.2, 0) is 11.2 Å². The highest BCUT2D eigenvalue weighted by Crippen LogP contribution is 2.27. The van der Waals surface area contributed by atoms with Crippen LogP contribution in [0.25, 0.3) is 11.3 Å². The molecule has 1 N–H and O–H groups in total. The van der Waals surface area contributed by atoms with E-state index in [1.165, 1.54) is 11.3 Å². The standard InChI is InChI=1S/C19H18N2O3S/c1-23-15-9-7-13(8-10-15)16-12-25-19(20-16)21-18(22)11-14-5-3-4-6-17(14)24-2/h3-10,12H,11H2,1-2H3,(H,20,21,22). The van der Waals surface area contributed by atoms with Crippen molar-refractivity contribution >= 4 is 22.4 Å². The molecule has 0 unspecified atom stereocenters. The summed E-state index contributed by atoms with van der Waals surface area (Å²) >= 11 is 1.40. The van der Waals surface area contributed by atoms with E-state index >= 15 is 0 Å². The zero-order chi connectivity index (χ0) is 17.6. The molecule has 0 aliphatic carbocycles. The highest BCUT2D eigenvalue weighted by Gasteiger charge is 2.11. The van der Waals surface area contributed by atoms with Crippen LogP contribution in [0.5, 0.6) is 11.5 Å². The van der Waals surface area contributed by atoms with Crippen LogP contribution >= 0.6 is 11.3 Å². The summed E-state index contributed by atoms with van der Waals surface area (Å²) in [6.45, 7) is 0. The van der Waals surface area contributed by atoms with Gasteiger partial charge >= 0.3 is 0 Å². The second-order valence-corrected chi connectivity index (χ2v) is 6.16. The smallest absolute Gasteiger partial charge is 0.230 e. The van der Waals surface area contributed by atoms with Crippen molar-refractivity contribution in [2.24, 2.45) is 0 Å². The fraction of sp³-hybridized carbons (Fsp3) is 0.158. The molecular formula is C19H18N2O3S. The molecule has 0 spiro atoms. The number of hydrogen-bond acceptors (Lipinski definition) is 5. The topological polar surface area (TPSA) is 60.5 Å². The van der Waals surface area contributed by atoms with Gasteiger partial charge in [-0.25, -0.2) is 4.98 Å². The molecule has 0 saturated heterocycles. The minimum Gasteiger partial charge on any atom is -0.497 e. The Labute approximate surface area is 150 Å². The van der Waals surface area contributed by atoms with Gasteiger partial charge in [-0.3, -0.25) is 4.79 Å². The van der Waals surface area contributed by atoms with Crippen LogP contribution in [0.15, 0.2) is 53.9 Å². The first-order chi connectivity index (χ1) is 12.2. The summed E-state index contributed by atoms with van der Waals surface area (Å²) in [4.78, 5) is 16.7. The largest absolute Gasteiger partial charge is 0.497 e. The summed E-state index contributed by atoms with van der Waals surface area (Å²) < 4.78 is 10.4. The number of nitrogens with one attached hydrogen (secondary N) is 1. The number of thiazole rings is 1. The van der Waals surface area contributed by atoms with E-state index in [4.69, 9.17) is 9.47 Å². The van der Waals surface area contributed by atoms with Gasteiger partial charge in [0.15, 0.2) is 5.13 Å². The van der Waals surface area contributed by atoms with Crippen molar-refractivity contribution < 1.29 is 14.3 Å². The zero-order valence-electron chi connectivity index (χ0n) is 14.0. The lowest BCUT2D eigenvalue weighted by Crippen LogP contribution is -2.14. The van der Waals surface area contributed by atoms with Gasteiger partial charge in [0.25, 0.3) is 0 Å². The van der Waals surface area contributed by atoms with Gasteiger partial charge in [-0.2, -0.15) is 0 Å². The number of aromatic nitrogens is 1. The summed E-state index contributed by atoms with van der Waals surface area (Å²) in [6.07, 6.45) is 0.238. The van der Waals surface area contributed by atoms with Crippen molar-refractivity contribution in [2.75, 3.05) is 19.5 Å². The third-order valence-electron chi connectivity index (χ3n) is 3.68. The van der Waals surface area contributed by atoms with Gasteiger partial charge in [0.1, 0.15) is 11.5 Å². The van der Waals surface area contributed by atoms with Crippen molar-refractivity contribution in [2.45, 2.75) is 6.42 Å². The number of nitrogens with zero attached hydrogens (tertiary/aromatic N) is 1. The van der Waals surface area contributed by atoms with E-state index in [0.717, 1.165) is 22.6 Å². The Balaban J connectivity index is 1.67. The Kier molecular flexibility index (Phi) is 5.30. The average Bonchev–Trinajstić information content (AvgIpc) is 3.10. The molecule has 1 amide bonds. The van der Waals surface area contributed by atoms with Crippen LogP contribution in [0.4, 0.5) is 5.13 Å². The quantitative estimate of drug-likeness (QED) is 0.727. The van der Waals surface area contributed by atoms with Crippen molar-refractivity contribution in [3.8, 4) is 22.8 Å². The van der Waals surface area contributed by atoms with E-state index < -0.39 is 0 Å². The first-order valence-corrected chi connectivity index (χ1v) is 8.59. The maximum absolute atomic E-state index is 12.3.